The Bertz CT molecular complexity index is 866. The van der Waals surface area contributed by atoms with Gasteiger partial charge in [0.05, 0.1) is 20.5 Å². The number of nitrogens with two attached hydrogens (primary N) is 1. The lowest BCUT2D eigenvalue weighted by Gasteiger charge is -2.09. The normalized spacial score (nSPS) is 11.3. The van der Waals surface area contributed by atoms with Crippen LogP contribution in [0.25, 0.3) is 0 Å². The van der Waals surface area contributed by atoms with Crippen LogP contribution in [-0.2, 0) is 21.4 Å². The molecule has 0 amide bonds. The van der Waals surface area contributed by atoms with Gasteiger partial charge >= 0.3 is 5.97 Å². The first kappa shape index (κ1) is 17.7. The van der Waals surface area contributed by atoms with E-state index in [1.165, 1.54) is 18.2 Å². The van der Waals surface area contributed by atoms with Crippen molar-refractivity contribution in [3.8, 4) is 0 Å². The van der Waals surface area contributed by atoms with Crippen LogP contribution in [0.1, 0.15) is 21.5 Å². The molecule has 0 aromatic heterocycles. The average molecular weight is 374 g/mol. The quantitative estimate of drug-likeness (QED) is 0.832. The highest BCUT2D eigenvalue weighted by Crippen LogP contribution is 2.23. The summed E-state index contributed by atoms with van der Waals surface area (Å²) in [6.45, 7) is 1.65. The van der Waals surface area contributed by atoms with Crippen molar-refractivity contribution in [2.45, 2.75) is 18.4 Å². The average Bonchev–Trinajstić information content (AvgIpc) is 2.47. The summed E-state index contributed by atoms with van der Waals surface area (Å²) in [7, 11) is -3.89. The van der Waals surface area contributed by atoms with Gasteiger partial charge in [-0.15, -0.1) is 0 Å². The van der Waals surface area contributed by atoms with E-state index in [9.17, 15) is 13.2 Å². The molecule has 0 saturated carbocycles. The van der Waals surface area contributed by atoms with Gasteiger partial charge in [0.2, 0.25) is 10.0 Å². The second-order valence-corrected chi connectivity index (χ2v) is 7.22. The van der Waals surface area contributed by atoms with Crippen molar-refractivity contribution in [3.05, 3.63) is 63.1 Å². The number of hydrogen-bond donors (Lipinski definition) is 1. The van der Waals surface area contributed by atoms with Crippen LogP contribution in [0.3, 0.4) is 0 Å². The minimum Gasteiger partial charge on any atom is -0.457 e. The van der Waals surface area contributed by atoms with Crippen LogP contribution in [0.4, 0.5) is 0 Å². The molecule has 2 N–H and O–H groups in total. The Kier molecular flexibility index (Phi) is 5.31. The third kappa shape index (κ3) is 4.45. The number of primary sulfonamides is 1. The molecule has 5 nitrogen and oxygen atoms in total. The summed E-state index contributed by atoms with van der Waals surface area (Å²) in [6, 6.07) is 8.89. The molecular formula is C15H13Cl2NO4S. The van der Waals surface area contributed by atoms with Gasteiger partial charge in [0.1, 0.15) is 6.61 Å². The molecule has 0 atom stereocenters. The first-order chi connectivity index (χ1) is 10.7. The van der Waals surface area contributed by atoms with Gasteiger partial charge in [0, 0.05) is 0 Å². The van der Waals surface area contributed by atoms with E-state index < -0.39 is 16.0 Å². The lowest BCUT2D eigenvalue weighted by Crippen LogP contribution is -2.14. The summed E-state index contributed by atoms with van der Waals surface area (Å²) in [4.78, 5) is 12.0. The summed E-state index contributed by atoms with van der Waals surface area (Å²) in [5.74, 6) is -0.654. The maximum Gasteiger partial charge on any atom is 0.338 e. The Balaban J connectivity index is 2.19. The Morgan fingerprint density at radius 1 is 1.13 bits per heavy atom. The zero-order chi connectivity index (χ0) is 17.2. The maximum absolute atomic E-state index is 12.2. The first-order valence-corrected chi connectivity index (χ1v) is 8.73. The number of carbonyl (C=O) groups excluding carboxylic acids is 1. The van der Waals surface area contributed by atoms with Gasteiger partial charge in [0.15, 0.2) is 0 Å². The summed E-state index contributed by atoms with van der Waals surface area (Å²) < 4.78 is 27.9. The van der Waals surface area contributed by atoms with Crippen LogP contribution in [0.15, 0.2) is 41.3 Å². The highest BCUT2D eigenvalue weighted by Gasteiger charge is 2.16. The number of carbonyl (C=O) groups is 1. The standard InChI is InChI=1S/C15H13Cl2NO4S/c1-9-2-4-11(23(18,20)21)7-12(9)15(19)22-8-10-3-5-13(16)14(17)6-10/h2-7H,8H2,1H3,(H2,18,20,21). The number of rotatable bonds is 4. The van der Waals surface area contributed by atoms with Crippen molar-refractivity contribution < 1.29 is 17.9 Å². The highest BCUT2D eigenvalue weighted by molar-refractivity contribution is 7.89. The smallest absolute Gasteiger partial charge is 0.338 e. The molecule has 0 spiro atoms. The zero-order valence-corrected chi connectivity index (χ0v) is 14.4. The molecule has 2 aromatic rings. The molecule has 0 aliphatic carbocycles. The monoisotopic (exact) mass is 373 g/mol. The van der Waals surface area contributed by atoms with Gasteiger partial charge in [0.25, 0.3) is 0 Å². The van der Waals surface area contributed by atoms with Crippen LogP contribution in [-0.4, -0.2) is 14.4 Å². The van der Waals surface area contributed by atoms with E-state index in [0.717, 1.165) is 0 Å². The SMILES string of the molecule is Cc1ccc(S(N)(=O)=O)cc1C(=O)OCc1ccc(Cl)c(Cl)c1. The van der Waals surface area contributed by atoms with E-state index in [4.69, 9.17) is 33.1 Å². The van der Waals surface area contributed by atoms with Crippen molar-refractivity contribution in [2.24, 2.45) is 5.14 Å². The van der Waals surface area contributed by atoms with Crippen LogP contribution in [0.5, 0.6) is 0 Å². The molecule has 0 unspecified atom stereocenters. The molecule has 122 valence electrons. The molecular weight excluding hydrogens is 361 g/mol. The Morgan fingerprint density at radius 3 is 2.43 bits per heavy atom. The van der Waals surface area contributed by atoms with Crippen LogP contribution in [0.2, 0.25) is 10.0 Å². The number of hydrogen-bond acceptors (Lipinski definition) is 4. The number of ether oxygens (including phenoxy) is 1. The van der Waals surface area contributed by atoms with E-state index in [2.05, 4.69) is 0 Å². The summed E-state index contributed by atoms with van der Waals surface area (Å²) in [5, 5.41) is 5.82. The molecule has 0 radical (unpaired) electrons. The van der Waals surface area contributed by atoms with Crippen molar-refractivity contribution in [1.82, 2.24) is 0 Å². The lowest BCUT2D eigenvalue weighted by atomic mass is 10.1. The molecule has 0 aliphatic heterocycles. The van der Waals surface area contributed by atoms with Gasteiger partial charge in [-0.25, -0.2) is 18.4 Å². The second kappa shape index (κ2) is 6.88. The van der Waals surface area contributed by atoms with E-state index >= 15 is 0 Å². The Labute approximate surface area is 144 Å². The van der Waals surface area contributed by atoms with E-state index in [1.54, 1.807) is 25.1 Å². The predicted molar refractivity (Wildman–Crippen MR) is 88.1 cm³/mol. The molecule has 0 saturated heterocycles. The Hall–Kier alpha value is -1.60. The minimum absolute atomic E-state index is 0.0191. The maximum atomic E-state index is 12.2. The predicted octanol–water partition coefficient (Wildman–Crippen LogP) is 3.31. The van der Waals surface area contributed by atoms with Crippen LogP contribution in [0, 0.1) is 6.92 Å². The summed E-state index contributed by atoms with van der Waals surface area (Å²) in [5.41, 5.74) is 1.38. The van der Waals surface area contributed by atoms with Gasteiger partial charge in [-0.3, -0.25) is 0 Å². The number of sulfonamides is 1. The molecule has 8 heteroatoms. The van der Waals surface area contributed by atoms with E-state index in [-0.39, 0.29) is 17.1 Å². The molecule has 0 aliphatic rings. The molecule has 23 heavy (non-hydrogen) atoms. The fourth-order valence-corrected chi connectivity index (χ4v) is 2.71. The van der Waals surface area contributed by atoms with Crippen LogP contribution >= 0.6 is 23.2 Å². The van der Waals surface area contributed by atoms with Crippen molar-refractivity contribution in [2.75, 3.05) is 0 Å². The van der Waals surface area contributed by atoms with Gasteiger partial charge < -0.3 is 4.74 Å². The van der Waals surface area contributed by atoms with Crippen LogP contribution < -0.4 is 5.14 Å². The minimum atomic E-state index is -3.89. The summed E-state index contributed by atoms with van der Waals surface area (Å²) in [6.07, 6.45) is 0. The number of esters is 1. The van der Waals surface area contributed by atoms with Gasteiger partial charge in [-0.05, 0) is 42.3 Å². The molecule has 0 fully saturated rings. The third-order valence-electron chi connectivity index (χ3n) is 3.11. The summed E-state index contributed by atoms with van der Waals surface area (Å²) >= 11 is 11.7. The largest absolute Gasteiger partial charge is 0.457 e. The fraction of sp³-hybridized carbons (Fsp3) is 0.133. The van der Waals surface area contributed by atoms with Gasteiger partial charge in [-0.2, -0.15) is 0 Å². The number of benzene rings is 2. The molecule has 2 rings (SSSR count). The molecule has 0 bridgehead atoms. The molecule has 2 aromatic carbocycles. The molecule has 0 heterocycles. The van der Waals surface area contributed by atoms with Crippen molar-refractivity contribution >= 4 is 39.2 Å². The first-order valence-electron chi connectivity index (χ1n) is 6.43. The van der Waals surface area contributed by atoms with E-state index in [0.29, 0.717) is 21.2 Å². The zero-order valence-electron chi connectivity index (χ0n) is 12.0. The topological polar surface area (TPSA) is 86.5 Å². The number of halogens is 2. The van der Waals surface area contributed by atoms with E-state index in [1.807, 2.05) is 0 Å². The Morgan fingerprint density at radius 2 is 1.83 bits per heavy atom. The van der Waals surface area contributed by atoms with Crippen molar-refractivity contribution in [1.29, 1.82) is 0 Å². The number of aryl methyl sites for hydroxylation is 1. The van der Waals surface area contributed by atoms with Gasteiger partial charge in [-0.1, -0.05) is 35.3 Å². The third-order valence-corrected chi connectivity index (χ3v) is 4.76. The highest BCUT2D eigenvalue weighted by atomic mass is 35.5. The lowest BCUT2D eigenvalue weighted by molar-refractivity contribution is 0.0471. The van der Waals surface area contributed by atoms with Crippen molar-refractivity contribution in [3.63, 3.8) is 0 Å². The second-order valence-electron chi connectivity index (χ2n) is 4.85. The fourth-order valence-electron chi connectivity index (χ4n) is 1.85.